The van der Waals surface area contributed by atoms with Crippen LogP contribution in [0.1, 0.15) is 0 Å². The third-order valence-electron chi connectivity index (χ3n) is 24.7. The highest BCUT2D eigenvalue weighted by Gasteiger charge is 2.17. The van der Waals surface area contributed by atoms with Gasteiger partial charge in [0, 0.05) is 186 Å². The highest BCUT2D eigenvalue weighted by molar-refractivity contribution is 7.25. The molecule has 18 aromatic heterocycles. The van der Waals surface area contributed by atoms with Gasteiger partial charge in [0.05, 0.1) is 63.7 Å². The van der Waals surface area contributed by atoms with Gasteiger partial charge in [0.25, 0.3) is 0 Å². The van der Waals surface area contributed by atoms with Gasteiger partial charge >= 0.3 is 0 Å². The molecule has 15 aromatic carbocycles. The second-order valence-electron chi connectivity index (χ2n) is 33.1. The van der Waals surface area contributed by atoms with E-state index in [1.165, 1.54) is 120 Å². The first-order valence-corrected chi connectivity index (χ1v) is 46.6. The van der Waals surface area contributed by atoms with E-state index < -0.39 is 0 Å². The average molecular weight is 1860 g/mol. The number of H-pyrrole nitrogens is 6. The number of thiophene rings is 1. The number of rotatable bonds is 0. The highest BCUT2D eigenvalue weighted by atomic mass is 32.1. The maximum atomic E-state index is 5.65. The minimum atomic E-state index is 0.702. The molecule has 142 heavy (non-hydrogen) atoms. The predicted octanol–water partition coefficient (Wildman–Crippen LogP) is 29.1. The number of benzene rings is 15. The average Bonchev–Trinajstić information content (AvgIpc) is 1.31. The molecule has 33 aromatic rings. The standard InChI is InChI=1S/C13H9N.C12H6N6.C12H8N4.C12H6N2O2.C12H9N.C12H8O.C12H8S.2C11H8N2.C10H7N3/c1-2-6-12-10(4-1)7-8-11-5-3-9-14-13(11)12;1-2-14-8-7(13-1)9-11(17-4-3-15-9)12-10(8)16-5-6-18-12;1-3-8-11(15-5-13-8)10-7(1)2-4-9-12(10)16-6-14-9;1-3-8-11(13-5-15-8)10-7(1)2-4-9-12(10)14-6-16-9;3*1-3-7-11-9(5-1)10-6-2-4-8-12(10)13-11;1-2-6-10-8(4-1)9-5-3-7-12-11(9)13-10;1-2-4-10-8(3-1)9-5-6-12-7-11(9)13-10;1-2-8-7-3-5-11-6-9(7)13-10(8)12-4-1/h1-9H;1-6H;1-6H,(H,13,15)(H,14,16);1-6H;1-8,13H;2*1-8H;1-7H,(H,12,13);1-7,13H;1-6H,(H,12,13). The number of fused-ring (bicyclic) bond motifs is 37. The van der Waals surface area contributed by atoms with Crippen LogP contribution in [0.3, 0.4) is 0 Å². The van der Waals surface area contributed by atoms with Gasteiger partial charge in [-0.25, -0.2) is 29.9 Å². The van der Waals surface area contributed by atoms with Crippen LogP contribution < -0.4 is 0 Å². The third kappa shape index (κ3) is 16.7. The first kappa shape index (κ1) is 85.2. The van der Waals surface area contributed by atoms with Crippen LogP contribution in [0, 0.1) is 0 Å². The summed E-state index contributed by atoms with van der Waals surface area (Å²) in [7, 11) is 0. The van der Waals surface area contributed by atoms with Crippen LogP contribution in [-0.2, 0) is 0 Å². The first-order valence-electron chi connectivity index (χ1n) is 45.8. The zero-order chi connectivity index (χ0) is 94.4. The molecular weight excluding hydrogens is 1780 g/mol. The monoisotopic (exact) mass is 1860 g/mol. The van der Waals surface area contributed by atoms with Gasteiger partial charge in [0.2, 0.25) is 0 Å². The number of oxazole rings is 2. The fourth-order valence-electron chi connectivity index (χ4n) is 18.3. The van der Waals surface area contributed by atoms with Gasteiger partial charge in [0.1, 0.15) is 66.6 Å². The molecule has 0 bridgehead atoms. The Morgan fingerprint density at radius 2 is 0.528 bits per heavy atom. The van der Waals surface area contributed by atoms with Crippen molar-refractivity contribution in [3.8, 4) is 0 Å². The van der Waals surface area contributed by atoms with Crippen LogP contribution in [0.4, 0.5) is 0 Å². The number of furan rings is 1. The van der Waals surface area contributed by atoms with E-state index in [4.69, 9.17) is 13.3 Å². The number of imidazole rings is 2. The molecule has 24 nitrogen and oxygen atoms in total. The fourth-order valence-corrected chi connectivity index (χ4v) is 19.4. The van der Waals surface area contributed by atoms with Crippen LogP contribution in [0.25, 0.3) is 250 Å². The van der Waals surface area contributed by atoms with Crippen molar-refractivity contribution in [3.05, 3.63) is 434 Å². The van der Waals surface area contributed by atoms with Crippen LogP contribution in [0.15, 0.2) is 447 Å². The number of aromatic amines is 6. The van der Waals surface area contributed by atoms with Crippen molar-refractivity contribution in [2.24, 2.45) is 0 Å². The van der Waals surface area contributed by atoms with Crippen molar-refractivity contribution < 1.29 is 13.3 Å². The van der Waals surface area contributed by atoms with Crippen LogP contribution >= 0.6 is 11.3 Å². The molecule has 0 aliphatic heterocycles. The van der Waals surface area contributed by atoms with Crippen molar-refractivity contribution in [3.63, 3.8) is 0 Å². The molecule has 0 fully saturated rings. The maximum Gasteiger partial charge on any atom is 0.182 e. The van der Waals surface area contributed by atoms with Crippen molar-refractivity contribution in [1.82, 2.24) is 105 Å². The van der Waals surface area contributed by atoms with E-state index in [-0.39, 0.29) is 0 Å². The van der Waals surface area contributed by atoms with E-state index >= 15 is 0 Å². The second-order valence-corrected chi connectivity index (χ2v) is 34.2. The number of para-hydroxylation sites is 6. The Bertz CT molecular complexity index is 8750. The highest BCUT2D eigenvalue weighted by Crippen LogP contribution is 2.37. The van der Waals surface area contributed by atoms with Gasteiger partial charge < -0.3 is 43.2 Å². The number of hydrogen-bond donors (Lipinski definition) is 6. The fraction of sp³-hybridized carbons (Fsp3) is 0. The molecule has 0 aliphatic rings. The van der Waals surface area contributed by atoms with Crippen LogP contribution in [0.5, 0.6) is 0 Å². The zero-order valence-corrected chi connectivity index (χ0v) is 76.1. The molecule has 0 spiro atoms. The summed E-state index contributed by atoms with van der Waals surface area (Å²) >= 11 is 1.86. The van der Waals surface area contributed by atoms with E-state index in [0.29, 0.717) is 33.1 Å². The number of nitrogens with zero attached hydrogens (tertiary/aromatic N) is 15. The van der Waals surface area contributed by atoms with Gasteiger partial charge in [-0.1, -0.05) is 212 Å². The van der Waals surface area contributed by atoms with Crippen LogP contribution in [0.2, 0.25) is 0 Å². The van der Waals surface area contributed by atoms with Gasteiger partial charge in [-0.3, -0.25) is 44.9 Å². The minimum Gasteiger partial charge on any atom is -0.456 e. The normalized spacial score (nSPS) is 11.2. The number of hydrogen-bond acceptors (Lipinski definition) is 19. The molecule has 674 valence electrons. The Labute approximate surface area is 807 Å². The number of aromatic nitrogens is 21. The largest absolute Gasteiger partial charge is 0.456 e. The Kier molecular flexibility index (Phi) is 22.9. The second kappa shape index (κ2) is 38.2. The molecule has 18 heterocycles. The molecule has 0 saturated heterocycles. The lowest BCUT2D eigenvalue weighted by Crippen LogP contribution is -1.94. The van der Waals surface area contributed by atoms with Crippen molar-refractivity contribution >= 4 is 262 Å². The molecule has 33 rings (SSSR count). The summed E-state index contributed by atoms with van der Waals surface area (Å²) in [6, 6.07) is 111. The maximum absolute atomic E-state index is 5.65. The molecule has 0 saturated carbocycles. The summed E-state index contributed by atoms with van der Waals surface area (Å²) in [5.41, 5.74) is 23.2. The van der Waals surface area contributed by atoms with E-state index in [9.17, 15) is 0 Å². The van der Waals surface area contributed by atoms with Gasteiger partial charge in [-0.15, -0.1) is 11.3 Å². The zero-order valence-electron chi connectivity index (χ0n) is 75.3. The molecule has 25 heteroatoms. The summed E-state index contributed by atoms with van der Waals surface area (Å²) in [4.78, 5) is 83.6. The topological polar surface area (TPSA) is 328 Å². The minimum absolute atomic E-state index is 0.702. The Morgan fingerprint density at radius 3 is 1.03 bits per heavy atom. The molecule has 0 aliphatic carbocycles. The Hall–Kier alpha value is -19.8. The summed E-state index contributed by atoms with van der Waals surface area (Å²) in [5.74, 6) is 0. The summed E-state index contributed by atoms with van der Waals surface area (Å²) in [6.45, 7) is 0. The molecule has 6 N–H and O–H groups in total. The number of pyridine rings is 5. The summed E-state index contributed by atoms with van der Waals surface area (Å²) in [5, 5.41) is 23.0. The van der Waals surface area contributed by atoms with E-state index in [1.54, 1.807) is 68.4 Å². The molecule has 0 unspecified atom stereocenters. The first-order chi connectivity index (χ1) is 70.5. The smallest absolute Gasteiger partial charge is 0.182 e. The molecule has 0 amide bonds. The lowest BCUT2D eigenvalue weighted by molar-refractivity contribution is 0.602. The molecular formula is C117H77N21O3S. The molecule has 0 atom stereocenters. The number of nitrogens with one attached hydrogen (secondary N) is 6. The lowest BCUT2D eigenvalue weighted by Gasteiger charge is -2.04. The summed E-state index contributed by atoms with van der Waals surface area (Å²) in [6.07, 6.45) is 28.9. The van der Waals surface area contributed by atoms with Gasteiger partial charge in [0.15, 0.2) is 24.0 Å². The quantitative estimate of drug-likeness (QED) is 0.0768. The van der Waals surface area contributed by atoms with Gasteiger partial charge in [-0.2, -0.15) is 0 Å². The predicted molar refractivity (Wildman–Crippen MR) is 575 cm³/mol. The SMILES string of the molecule is c1ccc2c(c1)[nH]c1ccccc12.c1ccc2c(c1)[nH]c1cnccc12.c1ccc2c(c1)[nH]c1ncccc12.c1ccc2c(c1)ccc1cccnc12.c1ccc2c(c1)oc1ccccc12.c1ccc2c(c1)sc1ccccc12.c1cnc2[nH]c3cnccc3c2c1.c1cnc2c(n1)c1nccnc1c1nccnc21.c1nc2c(ccc3ccc4[nH]cnc4c32)[nH]1.c1nc2c(ccc3ccc4ocnc4c32)o1. The summed E-state index contributed by atoms with van der Waals surface area (Å²) < 4.78 is 19.0. The van der Waals surface area contributed by atoms with Crippen molar-refractivity contribution in [2.45, 2.75) is 0 Å². The van der Waals surface area contributed by atoms with Crippen molar-refractivity contribution in [1.29, 1.82) is 0 Å². The van der Waals surface area contributed by atoms with E-state index in [1.807, 2.05) is 157 Å². The van der Waals surface area contributed by atoms with Crippen LogP contribution in [-0.4, -0.2) is 105 Å². The van der Waals surface area contributed by atoms with E-state index in [2.05, 4.69) is 311 Å². The van der Waals surface area contributed by atoms with Gasteiger partial charge in [-0.05, 0) is 131 Å². The lowest BCUT2D eigenvalue weighted by atomic mass is 10.1. The third-order valence-corrected chi connectivity index (χ3v) is 25.9. The Morgan fingerprint density at radius 1 is 0.190 bits per heavy atom. The van der Waals surface area contributed by atoms with E-state index in [0.717, 1.165) is 110 Å². The molecule has 0 radical (unpaired) electrons. The Balaban J connectivity index is 0.0000000854. The van der Waals surface area contributed by atoms with Crippen molar-refractivity contribution in [2.75, 3.05) is 0 Å².